The molecule has 3 nitrogen and oxygen atoms in total. The molecule has 3 heteroatoms. The molecule has 2 atom stereocenters. The molecule has 0 bridgehead atoms. The number of nitrogens with zero attached hydrogens (tertiary/aromatic N) is 2. The molecule has 1 N–H and O–H groups in total. The van der Waals surface area contributed by atoms with Gasteiger partial charge in [0.25, 0.3) is 0 Å². The number of rotatable bonds is 5. The first-order valence-electron chi connectivity index (χ1n) is 4.34. The zero-order chi connectivity index (χ0) is 9.56. The summed E-state index contributed by atoms with van der Waals surface area (Å²) in [4.78, 5) is 2.16. The summed E-state index contributed by atoms with van der Waals surface area (Å²) >= 11 is 0. The van der Waals surface area contributed by atoms with E-state index in [1.54, 1.807) is 0 Å². The van der Waals surface area contributed by atoms with Crippen molar-refractivity contribution >= 4 is 0 Å². The van der Waals surface area contributed by atoms with Crippen molar-refractivity contribution in [2.75, 3.05) is 20.6 Å². The summed E-state index contributed by atoms with van der Waals surface area (Å²) in [5.41, 5.74) is 0. The topological polar surface area (TPSA) is 39.1 Å². The number of nitriles is 1. The number of hydrogen-bond donors (Lipinski definition) is 1. The highest BCUT2D eigenvalue weighted by Gasteiger charge is 2.05. The zero-order valence-electron chi connectivity index (χ0n) is 8.46. The van der Waals surface area contributed by atoms with Crippen molar-refractivity contribution in [3.05, 3.63) is 0 Å². The van der Waals surface area contributed by atoms with Gasteiger partial charge in [-0.05, 0) is 27.9 Å². The zero-order valence-corrected chi connectivity index (χ0v) is 8.46. The van der Waals surface area contributed by atoms with Crippen molar-refractivity contribution in [3.63, 3.8) is 0 Å². The van der Waals surface area contributed by atoms with Crippen LogP contribution in [-0.4, -0.2) is 37.6 Å². The molecule has 0 amide bonds. The lowest BCUT2D eigenvalue weighted by Gasteiger charge is -2.21. The van der Waals surface area contributed by atoms with Crippen LogP contribution in [0.25, 0.3) is 0 Å². The van der Waals surface area contributed by atoms with Crippen LogP contribution in [0.2, 0.25) is 0 Å². The van der Waals surface area contributed by atoms with Crippen molar-refractivity contribution in [3.8, 4) is 6.07 Å². The number of likely N-dealkylation sites (N-methyl/N-ethyl adjacent to an activating group) is 1. The standard InChI is InChI=1S/C9H19N3/c1-8(5-6-10)11-7-9(2)12(3)4/h8-9,11H,5,7H2,1-4H3. The molecule has 0 aromatic carbocycles. The fourth-order valence-corrected chi connectivity index (χ4v) is 0.763. The largest absolute Gasteiger partial charge is 0.312 e. The van der Waals surface area contributed by atoms with Crippen LogP contribution in [0.4, 0.5) is 0 Å². The van der Waals surface area contributed by atoms with Crippen LogP contribution in [0, 0.1) is 11.3 Å². The van der Waals surface area contributed by atoms with Gasteiger partial charge < -0.3 is 10.2 Å². The van der Waals surface area contributed by atoms with Crippen LogP contribution in [0.5, 0.6) is 0 Å². The van der Waals surface area contributed by atoms with E-state index in [4.69, 9.17) is 5.26 Å². The Hall–Kier alpha value is -0.590. The van der Waals surface area contributed by atoms with Gasteiger partial charge in [0.15, 0.2) is 0 Å². The van der Waals surface area contributed by atoms with Crippen molar-refractivity contribution in [2.45, 2.75) is 32.4 Å². The van der Waals surface area contributed by atoms with Crippen LogP contribution < -0.4 is 5.32 Å². The van der Waals surface area contributed by atoms with E-state index in [9.17, 15) is 0 Å². The molecule has 0 aromatic heterocycles. The lowest BCUT2D eigenvalue weighted by molar-refractivity contribution is 0.295. The Labute approximate surface area is 75.4 Å². The predicted octanol–water partition coefficient (Wildman–Crippen LogP) is 0.828. The van der Waals surface area contributed by atoms with Gasteiger partial charge in [0.2, 0.25) is 0 Å². The van der Waals surface area contributed by atoms with Crippen LogP contribution in [0.1, 0.15) is 20.3 Å². The van der Waals surface area contributed by atoms with Gasteiger partial charge in [-0.15, -0.1) is 0 Å². The van der Waals surface area contributed by atoms with Crippen LogP contribution in [-0.2, 0) is 0 Å². The Kier molecular flexibility index (Phi) is 5.69. The fourth-order valence-electron chi connectivity index (χ4n) is 0.763. The third-order valence-corrected chi connectivity index (χ3v) is 2.04. The normalized spacial score (nSPS) is 15.7. The summed E-state index contributed by atoms with van der Waals surface area (Å²) in [6, 6.07) is 2.97. The van der Waals surface area contributed by atoms with E-state index in [1.807, 2.05) is 6.92 Å². The summed E-state index contributed by atoms with van der Waals surface area (Å²) in [5, 5.41) is 11.7. The minimum absolute atomic E-state index is 0.303. The molecule has 0 aliphatic carbocycles. The second-order valence-electron chi connectivity index (χ2n) is 3.48. The first-order valence-corrected chi connectivity index (χ1v) is 4.34. The Morgan fingerprint density at radius 3 is 2.42 bits per heavy atom. The van der Waals surface area contributed by atoms with Gasteiger partial charge in [0.05, 0.1) is 12.5 Å². The summed E-state index contributed by atoms with van der Waals surface area (Å²) in [6.45, 7) is 5.13. The van der Waals surface area contributed by atoms with Gasteiger partial charge >= 0.3 is 0 Å². The van der Waals surface area contributed by atoms with Crippen LogP contribution >= 0.6 is 0 Å². The molecule has 2 unspecified atom stereocenters. The number of hydrogen-bond acceptors (Lipinski definition) is 3. The third kappa shape index (κ3) is 5.11. The smallest absolute Gasteiger partial charge is 0.0638 e. The number of nitrogens with one attached hydrogen (secondary N) is 1. The van der Waals surface area contributed by atoms with Gasteiger partial charge in [-0.1, -0.05) is 0 Å². The maximum absolute atomic E-state index is 8.41. The Morgan fingerprint density at radius 2 is 2.00 bits per heavy atom. The van der Waals surface area contributed by atoms with Crippen molar-refractivity contribution in [1.82, 2.24) is 10.2 Å². The summed E-state index contributed by atoms with van der Waals surface area (Å²) in [5.74, 6) is 0. The molecule has 12 heavy (non-hydrogen) atoms. The van der Waals surface area contributed by atoms with E-state index >= 15 is 0 Å². The highest BCUT2D eigenvalue weighted by Crippen LogP contribution is 1.92. The molecule has 0 aromatic rings. The third-order valence-electron chi connectivity index (χ3n) is 2.04. The first kappa shape index (κ1) is 11.4. The van der Waals surface area contributed by atoms with E-state index in [2.05, 4.69) is 37.3 Å². The molecule has 70 valence electrons. The van der Waals surface area contributed by atoms with E-state index in [1.165, 1.54) is 0 Å². The van der Waals surface area contributed by atoms with Gasteiger partial charge in [-0.2, -0.15) is 5.26 Å². The average Bonchev–Trinajstić information content (AvgIpc) is 2.00. The summed E-state index contributed by atoms with van der Waals surface area (Å²) in [7, 11) is 4.11. The lowest BCUT2D eigenvalue weighted by atomic mass is 10.2. The van der Waals surface area contributed by atoms with E-state index in [0.717, 1.165) is 6.54 Å². The van der Waals surface area contributed by atoms with Crippen LogP contribution in [0.3, 0.4) is 0 Å². The summed E-state index contributed by atoms with van der Waals surface area (Å²) < 4.78 is 0. The second kappa shape index (κ2) is 5.99. The molecular formula is C9H19N3. The van der Waals surface area contributed by atoms with Gasteiger partial charge in [0.1, 0.15) is 0 Å². The molecule has 0 spiro atoms. The first-order chi connectivity index (χ1) is 5.57. The maximum atomic E-state index is 8.41. The minimum Gasteiger partial charge on any atom is -0.312 e. The molecule has 0 aliphatic rings. The Bertz CT molecular complexity index is 148. The quantitative estimate of drug-likeness (QED) is 0.662. The second-order valence-corrected chi connectivity index (χ2v) is 3.48. The average molecular weight is 169 g/mol. The Balaban J connectivity index is 3.48. The monoisotopic (exact) mass is 169 g/mol. The SMILES string of the molecule is CC(CC#N)NCC(C)N(C)C. The molecule has 0 rings (SSSR count). The van der Waals surface area contributed by atoms with Crippen molar-refractivity contribution in [1.29, 1.82) is 5.26 Å². The maximum Gasteiger partial charge on any atom is 0.0638 e. The predicted molar refractivity (Wildman–Crippen MR) is 50.8 cm³/mol. The van der Waals surface area contributed by atoms with E-state index < -0.39 is 0 Å². The van der Waals surface area contributed by atoms with Gasteiger partial charge in [0, 0.05) is 18.6 Å². The molecule has 0 fully saturated rings. The lowest BCUT2D eigenvalue weighted by Crippen LogP contribution is -2.39. The van der Waals surface area contributed by atoms with Gasteiger partial charge in [-0.25, -0.2) is 0 Å². The molecule has 0 saturated heterocycles. The molecule has 0 aliphatic heterocycles. The Morgan fingerprint density at radius 1 is 1.42 bits per heavy atom. The fraction of sp³-hybridized carbons (Fsp3) is 0.889. The molecule has 0 radical (unpaired) electrons. The molecular weight excluding hydrogens is 150 g/mol. The van der Waals surface area contributed by atoms with Crippen molar-refractivity contribution in [2.24, 2.45) is 0 Å². The molecule has 0 saturated carbocycles. The molecule has 0 heterocycles. The minimum atomic E-state index is 0.303. The van der Waals surface area contributed by atoms with E-state index in [-0.39, 0.29) is 0 Å². The van der Waals surface area contributed by atoms with Crippen LogP contribution in [0.15, 0.2) is 0 Å². The highest BCUT2D eigenvalue weighted by atomic mass is 15.1. The highest BCUT2D eigenvalue weighted by molar-refractivity contribution is 4.78. The van der Waals surface area contributed by atoms with Crippen molar-refractivity contribution < 1.29 is 0 Å². The van der Waals surface area contributed by atoms with E-state index in [0.29, 0.717) is 18.5 Å². The summed E-state index contributed by atoms with van der Waals surface area (Å²) in [6.07, 6.45) is 0.583. The van der Waals surface area contributed by atoms with Gasteiger partial charge in [-0.3, -0.25) is 0 Å².